The molecular weight excluding hydrogens is 222 g/mol. The van der Waals surface area contributed by atoms with E-state index in [1.165, 1.54) is 12.0 Å². The van der Waals surface area contributed by atoms with Crippen molar-refractivity contribution in [3.8, 4) is 0 Å². The average Bonchev–Trinajstić information content (AvgIpc) is 2.25. The van der Waals surface area contributed by atoms with Crippen LogP contribution in [0.3, 0.4) is 0 Å². The number of methoxy groups -OCH3 is 1. The van der Waals surface area contributed by atoms with Crippen molar-refractivity contribution in [3.63, 3.8) is 0 Å². The molecule has 5 nitrogen and oxygen atoms in total. The predicted octanol–water partition coefficient (Wildman–Crippen LogP) is 2.07. The minimum Gasteiger partial charge on any atom is -0.458 e. The van der Waals surface area contributed by atoms with Crippen molar-refractivity contribution >= 4 is 12.1 Å². The van der Waals surface area contributed by atoms with Gasteiger partial charge in [0.2, 0.25) is 0 Å². The molecule has 0 N–H and O–H groups in total. The monoisotopic (exact) mass is 241 g/mol. The quantitative estimate of drug-likeness (QED) is 0.659. The lowest BCUT2D eigenvalue weighted by atomic mass is 10.1. The lowest BCUT2D eigenvalue weighted by molar-refractivity contribution is -0.160. The van der Waals surface area contributed by atoms with Gasteiger partial charge in [0.05, 0.1) is 7.11 Å². The molecule has 0 radical (unpaired) electrons. The lowest BCUT2D eigenvalue weighted by Crippen LogP contribution is -2.45. The smallest absolute Gasteiger partial charge is 0.414 e. The van der Waals surface area contributed by atoms with Gasteiger partial charge in [-0.25, -0.2) is 9.59 Å². The van der Waals surface area contributed by atoms with E-state index in [-0.39, 0.29) is 0 Å². The zero-order valence-electron chi connectivity index (χ0n) is 10.7. The summed E-state index contributed by atoms with van der Waals surface area (Å²) in [5.74, 6) is -0.396. The average molecular weight is 241 g/mol. The number of allylic oxidation sites excluding steroid dienone is 1. The molecule has 0 saturated heterocycles. The fourth-order valence-corrected chi connectivity index (χ4v) is 1.58. The molecule has 0 aromatic rings. The first kappa shape index (κ1) is 13.5. The molecule has 0 saturated carbocycles. The Morgan fingerprint density at radius 3 is 2.53 bits per heavy atom. The van der Waals surface area contributed by atoms with E-state index in [1.807, 2.05) is 6.08 Å². The molecule has 1 rings (SSSR count). The molecular formula is C12H19NO4. The van der Waals surface area contributed by atoms with Crippen molar-refractivity contribution in [3.05, 3.63) is 12.3 Å². The van der Waals surface area contributed by atoms with E-state index in [9.17, 15) is 9.59 Å². The summed E-state index contributed by atoms with van der Waals surface area (Å²) in [5, 5.41) is 0. The highest BCUT2D eigenvalue weighted by Crippen LogP contribution is 2.19. The van der Waals surface area contributed by atoms with Crippen LogP contribution in [0, 0.1) is 0 Å². The molecule has 0 aliphatic carbocycles. The van der Waals surface area contributed by atoms with Gasteiger partial charge in [-0.05, 0) is 33.6 Å². The molecule has 1 aliphatic rings. The summed E-state index contributed by atoms with van der Waals surface area (Å²) in [6, 6.07) is -0.591. The molecule has 0 aromatic carbocycles. The Balaban J connectivity index is 2.77. The van der Waals surface area contributed by atoms with Gasteiger partial charge in [-0.3, -0.25) is 4.90 Å². The van der Waals surface area contributed by atoms with E-state index in [1.54, 1.807) is 27.0 Å². The first-order valence-corrected chi connectivity index (χ1v) is 5.61. The van der Waals surface area contributed by atoms with Gasteiger partial charge >= 0.3 is 12.1 Å². The fourth-order valence-electron chi connectivity index (χ4n) is 1.58. The Morgan fingerprint density at radius 1 is 1.35 bits per heavy atom. The molecule has 0 aromatic heterocycles. The Bertz CT molecular complexity index is 330. The number of nitrogens with zero attached hydrogens (tertiary/aromatic N) is 1. The number of esters is 1. The highest BCUT2D eigenvalue weighted by Gasteiger charge is 2.33. The highest BCUT2D eigenvalue weighted by molar-refractivity contribution is 5.82. The highest BCUT2D eigenvalue weighted by atomic mass is 16.6. The largest absolute Gasteiger partial charge is 0.458 e. The summed E-state index contributed by atoms with van der Waals surface area (Å²) in [6.07, 6.45) is 4.16. The number of hydrogen-bond acceptors (Lipinski definition) is 4. The van der Waals surface area contributed by atoms with Crippen molar-refractivity contribution in [1.82, 2.24) is 4.90 Å². The number of carbonyl (C=O) groups excluding carboxylic acids is 2. The van der Waals surface area contributed by atoms with Gasteiger partial charge in [-0.15, -0.1) is 0 Å². The molecule has 17 heavy (non-hydrogen) atoms. The Morgan fingerprint density at radius 2 is 2.00 bits per heavy atom. The van der Waals surface area contributed by atoms with E-state index in [2.05, 4.69) is 4.74 Å². The molecule has 0 spiro atoms. The maximum absolute atomic E-state index is 11.9. The van der Waals surface area contributed by atoms with E-state index in [0.717, 1.165) is 6.42 Å². The molecule has 1 aliphatic heterocycles. The topological polar surface area (TPSA) is 55.8 Å². The van der Waals surface area contributed by atoms with Crippen molar-refractivity contribution < 1.29 is 19.1 Å². The van der Waals surface area contributed by atoms with Gasteiger partial charge in [0.15, 0.2) is 0 Å². The van der Waals surface area contributed by atoms with Crippen LogP contribution in [0.5, 0.6) is 0 Å². The van der Waals surface area contributed by atoms with E-state index in [0.29, 0.717) is 6.42 Å². The Kier molecular flexibility index (Phi) is 4.15. The van der Waals surface area contributed by atoms with Crippen LogP contribution < -0.4 is 0 Å². The predicted molar refractivity (Wildman–Crippen MR) is 62.3 cm³/mol. The molecule has 0 fully saturated rings. The Labute approximate surface area is 101 Å². The number of amides is 1. The Hall–Kier alpha value is -1.52. The minimum absolute atomic E-state index is 0.396. The third kappa shape index (κ3) is 3.76. The third-order valence-corrected chi connectivity index (χ3v) is 2.27. The maximum atomic E-state index is 11.9. The van der Waals surface area contributed by atoms with E-state index in [4.69, 9.17) is 4.74 Å². The van der Waals surface area contributed by atoms with Gasteiger partial charge in [0.1, 0.15) is 11.6 Å². The van der Waals surface area contributed by atoms with Crippen LogP contribution >= 0.6 is 0 Å². The standard InChI is InChI=1S/C12H19NO4/c1-12(2,3)17-10(14)9-7-5-6-8-13(9)11(15)16-4/h6,8-9H,5,7H2,1-4H3/t9-/m0/s1. The molecule has 1 atom stereocenters. The summed E-state index contributed by atoms with van der Waals surface area (Å²) in [7, 11) is 1.29. The summed E-state index contributed by atoms with van der Waals surface area (Å²) >= 11 is 0. The van der Waals surface area contributed by atoms with Crippen LogP contribution in [0.2, 0.25) is 0 Å². The third-order valence-electron chi connectivity index (χ3n) is 2.27. The molecule has 96 valence electrons. The lowest BCUT2D eigenvalue weighted by Gasteiger charge is -2.31. The molecule has 0 unspecified atom stereocenters. The first-order chi connectivity index (χ1) is 7.85. The minimum atomic E-state index is -0.591. The van der Waals surface area contributed by atoms with Gasteiger partial charge in [0.25, 0.3) is 0 Å². The van der Waals surface area contributed by atoms with Crippen LogP contribution in [0.4, 0.5) is 4.79 Å². The zero-order chi connectivity index (χ0) is 13.1. The fraction of sp³-hybridized carbons (Fsp3) is 0.667. The summed E-state index contributed by atoms with van der Waals surface area (Å²) in [5.41, 5.74) is -0.556. The van der Waals surface area contributed by atoms with Crippen molar-refractivity contribution in [2.45, 2.75) is 45.3 Å². The summed E-state index contributed by atoms with van der Waals surface area (Å²) in [4.78, 5) is 24.7. The molecule has 1 heterocycles. The van der Waals surface area contributed by atoms with Crippen molar-refractivity contribution in [2.24, 2.45) is 0 Å². The van der Waals surface area contributed by atoms with Crippen LogP contribution in [0.1, 0.15) is 33.6 Å². The number of hydrogen-bond donors (Lipinski definition) is 0. The summed E-state index contributed by atoms with van der Waals surface area (Å²) in [6.45, 7) is 5.39. The number of ether oxygens (including phenoxy) is 2. The van der Waals surface area contributed by atoms with Gasteiger partial charge in [0, 0.05) is 6.20 Å². The van der Waals surface area contributed by atoms with Crippen LogP contribution in [0.15, 0.2) is 12.3 Å². The van der Waals surface area contributed by atoms with E-state index < -0.39 is 23.7 Å². The van der Waals surface area contributed by atoms with Gasteiger partial charge in [-0.2, -0.15) is 0 Å². The molecule has 1 amide bonds. The zero-order valence-corrected chi connectivity index (χ0v) is 10.7. The van der Waals surface area contributed by atoms with Crippen LogP contribution in [-0.4, -0.2) is 35.7 Å². The van der Waals surface area contributed by atoms with Crippen molar-refractivity contribution in [1.29, 1.82) is 0 Å². The normalized spacial score (nSPS) is 20.0. The SMILES string of the molecule is COC(=O)N1C=CCC[C@H]1C(=O)OC(C)(C)C. The number of rotatable bonds is 1. The first-order valence-electron chi connectivity index (χ1n) is 5.61. The second-order valence-corrected chi connectivity index (χ2v) is 4.89. The van der Waals surface area contributed by atoms with Gasteiger partial charge < -0.3 is 9.47 Å². The maximum Gasteiger partial charge on any atom is 0.414 e. The second-order valence-electron chi connectivity index (χ2n) is 4.89. The molecule has 5 heteroatoms. The van der Waals surface area contributed by atoms with Crippen LogP contribution in [-0.2, 0) is 14.3 Å². The molecule has 0 bridgehead atoms. The van der Waals surface area contributed by atoms with E-state index >= 15 is 0 Å². The number of carbonyl (C=O) groups is 2. The van der Waals surface area contributed by atoms with Crippen LogP contribution in [0.25, 0.3) is 0 Å². The summed E-state index contributed by atoms with van der Waals surface area (Å²) < 4.78 is 9.91. The second kappa shape index (κ2) is 5.21. The van der Waals surface area contributed by atoms with Gasteiger partial charge in [-0.1, -0.05) is 6.08 Å². The van der Waals surface area contributed by atoms with Crippen molar-refractivity contribution in [2.75, 3.05) is 7.11 Å².